The molecule has 2 rings (SSSR count). The lowest BCUT2D eigenvalue weighted by atomic mass is 10.2. The Morgan fingerprint density at radius 1 is 1.06 bits per heavy atom. The molecule has 5 heteroatoms. The predicted octanol–water partition coefficient (Wildman–Crippen LogP) is 2.99. The van der Waals surface area contributed by atoms with Crippen molar-refractivity contribution < 1.29 is 13.0 Å². The van der Waals surface area contributed by atoms with Gasteiger partial charge in [0.1, 0.15) is 0 Å². The van der Waals surface area contributed by atoms with Crippen molar-refractivity contribution in [1.29, 1.82) is 0 Å². The highest BCUT2D eigenvalue weighted by Gasteiger charge is 2.06. The molecular weight excluding hydrogens is 244 g/mol. The Morgan fingerprint density at radius 2 is 1.56 bits per heavy atom. The average Bonchev–Trinajstić information content (AvgIpc) is 2.74. The molecule has 2 aromatic rings. The lowest BCUT2D eigenvalue weighted by Gasteiger charge is -1.95. The van der Waals surface area contributed by atoms with Gasteiger partial charge in [-0.2, -0.15) is 19.8 Å². The molecule has 0 radical (unpaired) electrons. The largest absolute Gasteiger partial charge is 0.294 e. The fraction of sp³-hybridized carbons (Fsp3) is 0.0909. The van der Waals surface area contributed by atoms with Crippen molar-refractivity contribution in [2.45, 2.75) is 11.8 Å². The van der Waals surface area contributed by atoms with Crippen LogP contribution < -0.4 is 0 Å². The topological polar surface area (TPSA) is 54.4 Å². The van der Waals surface area contributed by atoms with Crippen molar-refractivity contribution in [3.8, 4) is 0 Å². The highest BCUT2D eigenvalue weighted by Crippen LogP contribution is 2.08. The Morgan fingerprint density at radius 3 is 1.88 bits per heavy atom. The molecule has 0 spiro atoms. The second-order valence-electron chi connectivity index (χ2n) is 3.08. The minimum atomic E-state index is -4.02. The maximum Gasteiger partial charge on any atom is 0.294 e. The van der Waals surface area contributed by atoms with E-state index in [1.165, 1.54) is 12.1 Å². The van der Waals surface area contributed by atoms with Gasteiger partial charge >= 0.3 is 0 Å². The molecule has 16 heavy (non-hydrogen) atoms. The van der Waals surface area contributed by atoms with E-state index in [4.69, 9.17) is 4.55 Å². The molecule has 0 aliphatic carbocycles. The zero-order chi connectivity index (χ0) is 12.0. The summed E-state index contributed by atoms with van der Waals surface area (Å²) in [6, 6.07) is 10.0. The van der Waals surface area contributed by atoms with Gasteiger partial charge in [-0.25, -0.2) is 0 Å². The molecule has 1 N–H and O–H groups in total. The van der Waals surface area contributed by atoms with E-state index in [0.29, 0.717) is 0 Å². The monoisotopic (exact) mass is 256 g/mol. The van der Waals surface area contributed by atoms with E-state index >= 15 is 0 Å². The predicted molar refractivity (Wildman–Crippen MR) is 65.3 cm³/mol. The number of benzene rings is 1. The van der Waals surface area contributed by atoms with Crippen LogP contribution >= 0.6 is 11.3 Å². The van der Waals surface area contributed by atoms with Crippen LogP contribution in [0.4, 0.5) is 0 Å². The van der Waals surface area contributed by atoms with Gasteiger partial charge in [-0.15, -0.1) is 0 Å². The van der Waals surface area contributed by atoms with Gasteiger partial charge in [0.05, 0.1) is 4.90 Å². The van der Waals surface area contributed by atoms with Gasteiger partial charge in [0.25, 0.3) is 10.1 Å². The van der Waals surface area contributed by atoms with Gasteiger partial charge in [-0.1, -0.05) is 29.8 Å². The number of thiophene rings is 1. The number of hydrogen-bond acceptors (Lipinski definition) is 3. The zero-order valence-electron chi connectivity index (χ0n) is 8.70. The minimum absolute atomic E-state index is 0.0666. The molecule has 0 saturated heterocycles. The normalized spacial score (nSPS) is 10.4. The highest BCUT2D eigenvalue weighted by molar-refractivity contribution is 7.85. The molecule has 1 aromatic carbocycles. The second-order valence-corrected chi connectivity index (χ2v) is 5.32. The van der Waals surface area contributed by atoms with E-state index in [2.05, 4.69) is 0 Å². The Bertz CT molecular complexity index is 481. The van der Waals surface area contributed by atoms with E-state index in [1.54, 1.807) is 23.5 Å². The fourth-order valence-electron chi connectivity index (χ4n) is 0.937. The molecule has 0 aliphatic rings. The number of hydrogen-bond donors (Lipinski definition) is 1. The van der Waals surface area contributed by atoms with Crippen LogP contribution in [0.2, 0.25) is 0 Å². The lowest BCUT2D eigenvalue weighted by Crippen LogP contribution is -1.96. The van der Waals surface area contributed by atoms with Crippen molar-refractivity contribution in [2.24, 2.45) is 0 Å². The first-order chi connectivity index (χ1) is 7.50. The van der Waals surface area contributed by atoms with E-state index in [1.807, 2.05) is 29.8 Å². The SMILES string of the molecule is Cc1ccc(S(=O)(=O)O)cc1.c1ccsc1. The van der Waals surface area contributed by atoms with Crippen LogP contribution in [0.15, 0.2) is 52.1 Å². The molecule has 0 bridgehead atoms. The first kappa shape index (κ1) is 12.9. The van der Waals surface area contributed by atoms with E-state index in [0.717, 1.165) is 5.56 Å². The molecule has 3 nitrogen and oxygen atoms in total. The summed E-state index contributed by atoms with van der Waals surface area (Å²) in [4.78, 5) is -0.0666. The third kappa shape index (κ3) is 4.57. The first-order valence-electron chi connectivity index (χ1n) is 4.51. The summed E-state index contributed by atoms with van der Waals surface area (Å²) in [7, 11) is -4.02. The summed E-state index contributed by atoms with van der Waals surface area (Å²) < 4.78 is 29.6. The molecule has 0 unspecified atom stereocenters. The van der Waals surface area contributed by atoms with E-state index in [-0.39, 0.29) is 4.90 Å². The summed E-state index contributed by atoms with van der Waals surface area (Å²) in [6.07, 6.45) is 0. The van der Waals surface area contributed by atoms with Crippen molar-refractivity contribution in [3.63, 3.8) is 0 Å². The molecule has 0 amide bonds. The van der Waals surface area contributed by atoms with Gasteiger partial charge in [0.15, 0.2) is 0 Å². The first-order valence-corrected chi connectivity index (χ1v) is 6.90. The fourth-order valence-corrected chi connectivity index (χ4v) is 1.87. The molecule has 0 saturated carbocycles. The van der Waals surface area contributed by atoms with Crippen LogP contribution in [0.1, 0.15) is 5.56 Å². The van der Waals surface area contributed by atoms with Gasteiger partial charge < -0.3 is 0 Å². The van der Waals surface area contributed by atoms with Crippen LogP contribution in [0.25, 0.3) is 0 Å². The standard InChI is InChI=1S/C7H8O3S.C4H4S/c1-6-2-4-7(5-3-6)11(8,9)10;1-2-4-5-3-1/h2-5H,1H3,(H,8,9,10);1-4H. The molecule has 1 heterocycles. The Kier molecular flexibility index (Phi) is 4.67. The van der Waals surface area contributed by atoms with Crippen molar-refractivity contribution >= 4 is 21.5 Å². The number of rotatable bonds is 1. The van der Waals surface area contributed by atoms with E-state index in [9.17, 15) is 8.42 Å². The van der Waals surface area contributed by atoms with Crippen LogP contribution in [0, 0.1) is 6.92 Å². The average molecular weight is 256 g/mol. The molecule has 0 atom stereocenters. The maximum absolute atomic E-state index is 10.5. The third-order valence-electron chi connectivity index (χ3n) is 1.74. The zero-order valence-corrected chi connectivity index (χ0v) is 10.3. The highest BCUT2D eigenvalue weighted by atomic mass is 32.2. The summed E-state index contributed by atoms with van der Waals surface area (Å²) in [6.45, 7) is 1.84. The molecular formula is C11H12O3S2. The van der Waals surface area contributed by atoms with Crippen molar-refractivity contribution in [3.05, 3.63) is 52.7 Å². The Labute approximate surface area is 99.1 Å². The summed E-state index contributed by atoms with van der Waals surface area (Å²) in [5.41, 5.74) is 0.956. The summed E-state index contributed by atoms with van der Waals surface area (Å²) in [5.74, 6) is 0. The number of aryl methyl sites for hydroxylation is 1. The van der Waals surface area contributed by atoms with Crippen LogP contribution in [-0.2, 0) is 10.1 Å². The maximum atomic E-state index is 10.5. The molecule has 0 fully saturated rings. The van der Waals surface area contributed by atoms with Crippen molar-refractivity contribution in [2.75, 3.05) is 0 Å². The van der Waals surface area contributed by atoms with Crippen LogP contribution in [0.5, 0.6) is 0 Å². The van der Waals surface area contributed by atoms with Gasteiger partial charge in [-0.3, -0.25) is 4.55 Å². The molecule has 86 valence electrons. The Balaban J connectivity index is 0.000000212. The quantitative estimate of drug-likeness (QED) is 0.798. The third-order valence-corrected chi connectivity index (χ3v) is 3.24. The minimum Gasteiger partial charge on any atom is -0.282 e. The Hall–Kier alpha value is -1.17. The van der Waals surface area contributed by atoms with Crippen molar-refractivity contribution in [1.82, 2.24) is 0 Å². The smallest absolute Gasteiger partial charge is 0.282 e. The second kappa shape index (κ2) is 5.79. The van der Waals surface area contributed by atoms with Gasteiger partial charge in [-0.05, 0) is 29.8 Å². The molecule has 1 aromatic heterocycles. The summed E-state index contributed by atoms with van der Waals surface area (Å²) in [5, 5.41) is 4.08. The van der Waals surface area contributed by atoms with Crippen LogP contribution in [0.3, 0.4) is 0 Å². The lowest BCUT2D eigenvalue weighted by molar-refractivity contribution is 0.483. The van der Waals surface area contributed by atoms with E-state index < -0.39 is 10.1 Å². The molecule has 0 aliphatic heterocycles. The van der Waals surface area contributed by atoms with Gasteiger partial charge in [0, 0.05) is 0 Å². The summed E-state index contributed by atoms with van der Waals surface area (Å²) >= 11 is 1.71. The van der Waals surface area contributed by atoms with Crippen LogP contribution in [-0.4, -0.2) is 13.0 Å². The van der Waals surface area contributed by atoms with Gasteiger partial charge in [0.2, 0.25) is 0 Å².